The largest absolute Gasteiger partial charge is 0.273 e. The first-order valence-corrected chi connectivity index (χ1v) is 9.04. The maximum Gasteiger partial charge on any atom is 0.273 e. The van der Waals surface area contributed by atoms with Gasteiger partial charge in [0.15, 0.2) is 0 Å². The van der Waals surface area contributed by atoms with Gasteiger partial charge in [-0.05, 0) is 44.5 Å². The molecule has 0 aliphatic carbocycles. The average molecular weight is 369 g/mol. The number of sulfonamides is 1. The smallest absolute Gasteiger partial charge is 0.267 e. The Kier molecular flexibility index (Phi) is 5.15. The average Bonchev–Trinajstić information content (AvgIpc) is 2.51. The van der Waals surface area contributed by atoms with Crippen molar-refractivity contribution in [2.75, 3.05) is 10.8 Å². The number of hydrogen-bond acceptors (Lipinski definition) is 4. The Bertz CT molecular complexity index is 897. The highest BCUT2D eigenvalue weighted by Crippen LogP contribution is 2.30. The molecule has 0 aromatic heterocycles. The van der Waals surface area contributed by atoms with Crippen LogP contribution in [0.2, 0.25) is 5.02 Å². The highest BCUT2D eigenvalue weighted by atomic mass is 35.5. The van der Waals surface area contributed by atoms with Crippen LogP contribution >= 0.6 is 11.6 Å². The monoisotopic (exact) mass is 368 g/mol. The summed E-state index contributed by atoms with van der Waals surface area (Å²) in [5, 5.41) is 11.5. The summed E-state index contributed by atoms with van der Waals surface area (Å²) >= 11 is 6.09. The van der Waals surface area contributed by atoms with Crippen LogP contribution in [0.3, 0.4) is 0 Å². The molecule has 0 unspecified atom stereocenters. The molecule has 2 aromatic rings. The molecule has 0 N–H and O–H groups in total. The van der Waals surface area contributed by atoms with Crippen LogP contribution in [-0.4, -0.2) is 19.9 Å². The summed E-state index contributed by atoms with van der Waals surface area (Å²) in [6.45, 7) is 5.24. The summed E-state index contributed by atoms with van der Waals surface area (Å²) in [4.78, 5) is 10.4. The molecule has 0 aliphatic rings. The number of nitro groups is 1. The molecule has 0 bridgehead atoms. The standard InChI is InChI=1S/C16H17ClN2O4S/c1-4-18(13-7-5-11(2)15(17)9-13)24(22,23)14-8-6-12(3)16(10-14)19(20)21/h5-10H,4H2,1-3H3. The third-order valence-electron chi connectivity index (χ3n) is 3.70. The van der Waals surface area contributed by atoms with Crippen molar-refractivity contribution in [3.63, 3.8) is 0 Å². The predicted octanol–water partition coefficient (Wildman–Crippen LogP) is 4.08. The number of nitro benzene ring substituents is 1. The molecule has 8 heteroatoms. The van der Waals surface area contributed by atoms with E-state index in [4.69, 9.17) is 11.6 Å². The van der Waals surface area contributed by atoms with Gasteiger partial charge in [-0.3, -0.25) is 14.4 Å². The van der Waals surface area contributed by atoms with Crippen LogP contribution in [-0.2, 0) is 10.0 Å². The van der Waals surface area contributed by atoms with Crippen molar-refractivity contribution < 1.29 is 13.3 Å². The molecule has 128 valence electrons. The van der Waals surface area contributed by atoms with E-state index in [9.17, 15) is 18.5 Å². The highest BCUT2D eigenvalue weighted by Gasteiger charge is 2.26. The first-order chi connectivity index (χ1) is 11.2. The van der Waals surface area contributed by atoms with Crippen LogP contribution in [0.5, 0.6) is 0 Å². The zero-order valence-corrected chi connectivity index (χ0v) is 15.1. The molecule has 0 spiro atoms. The molecule has 0 radical (unpaired) electrons. The lowest BCUT2D eigenvalue weighted by Gasteiger charge is -2.23. The normalized spacial score (nSPS) is 11.3. The van der Waals surface area contributed by atoms with Gasteiger partial charge in [0.2, 0.25) is 0 Å². The molecule has 0 fully saturated rings. The van der Waals surface area contributed by atoms with Crippen molar-refractivity contribution in [1.29, 1.82) is 0 Å². The first kappa shape index (κ1) is 18.2. The lowest BCUT2D eigenvalue weighted by molar-refractivity contribution is -0.385. The molecule has 6 nitrogen and oxygen atoms in total. The van der Waals surface area contributed by atoms with Crippen LogP contribution in [0, 0.1) is 24.0 Å². The Labute approximate surface area is 145 Å². The summed E-state index contributed by atoms with van der Waals surface area (Å²) in [7, 11) is -3.94. The van der Waals surface area contributed by atoms with E-state index < -0.39 is 14.9 Å². The number of nitrogens with zero attached hydrogens (tertiary/aromatic N) is 2. The number of hydrogen-bond donors (Lipinski definition) is 0. The van der Waals surface area contributed by atoms with Gasteiger partial charge < -0.3 is 0 Å². The minimum Gasteiger partial charge on any atom is -0.267 e. The van der Waals surface area contributed by atoms with Crippen molar-refractivity contribution in [1.82, 2.24) is 0 Å². The maximum atomic E-state index is 12.9. The Morgan fingerprint density at radius 1 is 1.12 bits per heavy atom. The molecule has 0 amide bonds. The molecule has 0 heterocycles. The Morgan fingerprint density at radius 3 is 2.29 bits per heavy atom. The fraction of sp³-hybridized carbons (Fsp3) is 0.250. The zero-order chi connectivity index (χ0) is 18.1. The van der Waals surface area contributed by atoms with Gasteiger partial charge in [-0.15, -0.1) is 0 Å². The Balaban J connectivity index is 2.56. The molecule has 0 saturated carbocycles. The molecule has 0 aliphatic heterocycles. The van der Waals surface area contributed by atoms with Crippen molar-refractivity contribution in [2.45, 2.75) is 25.7 Å². The number of benzene rings is 2. The Morgan fingerprint density at radius 2 is 1.75 bits per heavy atom. The molecular formula is C16H17ClN2O4S. The zero-order valence-electron chi connectivity index (χ0n) is 13.5. The van der Waals surface area contributed by atoms with Crippen LogP contribution in [0.25, 0.3) is 0 Å². The van der Waals surface area contributed by atoms with E-state index >= 15 is 0 Å². The molecule has 24 heavy (non-hydrogen) atoms. The predicted molar refractivity (Wildman–Crippen MR) is 94.2 cm³/mol. The molecule has 0 saturated heterocycles. The SMILES string of the molecule is CCN(c1ccc(C)c(Cl)c1)S(=O)(=O)c1ccc(C)c([N+](=O)[O-])c1. The lowest BCUT2D eigenvalue weighted by Crippen LogP contribution is -2.30. The van der Waals surface area contributed by atoms with Gasteiger partial charge in [0, 0.05) is 23.2 Å². The van der Waals surface area contributed by atoms with Crippen LogP contribution in [0.1, 0.15) is 18.1 Å². The molecule has 2 rings (SSSR count). The second kappa shape index (κ2) is 6.78. The van der Waals surface area contributed by atoms with Crippen molar-refractivity contribution in [3.05, 3.63) is 62.7 Å². The summed E-state index contributed by atoms with van der Waals surface area (Å²) in [6, 6.07) is 8.85. The lowest BCUT2D eigenvalue weighted by atomic mass is 10.2. The quantitative estimate of drug-likeness (QED) is 0.588. The third kappa shape index (κ3) is 3.37. The van der Waals surface area contributed by atoms with Gasteiger partial charge in [-0.2, -0.15) is 0 Å². The van der Waals surface area contributed by atoms with Crippen molar-refractivity contribution in [2.24, 2.45) is 0 Å². The van der Waals surface area contributed by atoms with E-state index in [-0.39, 0.29) is 17.1 Å². The fourth-order valence-electron chi connectivity index (χ4n) is 2.30. The van der Waals surface area contributed by atoms with Crippen molar-refractivity contribution in [3.8, 4) is 0 Å². The Hall–Kier alpha value is -2.12. The van der Waals surface area contributed by atoms with E-state index in [1.807, 2.05) is 6.92 Å². The van der Waals surface area contributed by atoms with Gasteiger partial charge in [-0.25, -0.2) is 8.42 Å². The van der Waals surface area contributed by atoms with Crippen LogP contribution < -0.4 is 4.31 Å². The van der Waals surface area contributed by atoms with E-state index in [1.54, 1.807) is 32.0 Å². The number of aryl methyl sites for hydroxylation is 2. The van der Waals surface area contributed by atoms with Crippen LogP contribution in [0.4, 0.5) is 11.4 Å². The summed E-state index contributed by atoms with van der Waals surface area (Å²) < 4.78 is 27.0. The first-order valence-electron chi connectivity index (χ1n) is 7.22. The number of halogens is 1. The van der Waals surface area contributed by atoms with E-state index in [2.05, 4.69) is 0 Å². The minimum atomic E-state index is -3.94. The fourth-order valence-corrected chi connectivity index (χ4v) is 3.96. The van der Waals surface area contributed by atoms with Crippen molar-refractivity contribution >= 4 is 33.0 Å². The highest BCUT2D eigenvalue weighted by molar-refractivity contribution is 7.92. The van der Waals surface area contributed by atoms with Gasteiger partial charge in [-0.1, -0.05) is 23.7 Å². The maximum absolute atomic E-state index is 12.9. The number of anilines is 1. The molecule has 2 aromatic carbocycles. The van der Waals surface area contributed by atoms with Gasteiger partial charge in [0.25, 0.3) is 15.7 Å². The van der Waals surface area contributed by atoms with E-state index in [1.165, 1.54) is 16.4 Å². The summed E-state index contributed by atoms with van der Waals surface area (Å²) in [5.74, 6) is 0. The second-order valence-corrected chi connectivity index (χ2v) is 7.58. The third-order valence-corrected chi connectivity index (χ3v) is 6.00. The summed E-state index contributed by atoms with van der Waals surface area (Å²) in [6.07, 6.45) is 0. The van der Waals surface area contributed by atoms with E-state index in [0.29, 0.717) is 16.3 Å². The second-order valence-electron chi connectivity index (χ2n) is 5.31. The van der Waals surface area contributed by atoms with Gasteiger partial charge >= 0.3 is 0 Å². The van der Waals surface area contributed by atoms with Crippen LogP contribution in [0.15, 0.2) is 41.3 Å². The molecule has 0 atom stereocenters. The van der Waals surface area contributed by atoms with Gasteiger partial charge in [0.1, 0.15) is 0 Å². The molecular weight excluding hydrogens is 352 g/mol. The van der Waals surface area contributed by atoms with Gasteiger partial charge in [0.05, 0.1) is 15.5 Å². The topological polar surface area (TPSA) is 80.5 Å². The minimum absolute atomic E-state index is 0.127. The number of rotatable bonds is 5. The summed E-state index contributed by atoms with van der Waals surface area (Å²) in [5.41, 5.74) is 1.42. The van der Waals surface area contributed by atoms with E-state index in [0.717, 1.165) is 11.6 Å².